The molecule has 0 aliphatic heterocycles. The molecule has 2 aromatic rings. The summed E-state index contributed by atoms with van der Waals surface area (Å²) >= 11 is 0. The van der Waals surface area contributed by atoms with Crippen LogP contribution in [0.2, 0.25) is 0 Å². The highest BCUT2D eigenvalue weighted by molar-refractivity contribution is 5.79. The van der Waals surface area contributed by atoms with Crippen LogP contribution < -0.4 is 14.8 Å². The molecule has 1 N–H and O–H groups in total. The number of carbonyl (C=O) groups is 1. The lowest BCUT2D eigenvalue weighted by Crippen LogP contribution is -2.28. The smallest absolute Gasteiger partial charge is 0.224 e. The van der Waals surface area contributed by atoms with E-state index in [2.05, 4.69) is 5.32 Å². The predicted octanol–water partition coefficient (Wildman–Crippen LogP) is 3.26. The summed E-state index contributed by atoms with van der Waals surface area (Å²) in [6.45, 7) is 1.81. The molecular weight excluding hydrogens is 297 g/mol. The molecule has 23 heavy (non-hydrogen) atoms. The van der Waals surface area contributed by atoms with E-state index >= 15 is 0 Å². The quantitative estimate of drug-likeness (QED) is 0.889. The molecule has 0 saturated carbocycles. The van der Waals surface area contributed by atoms with E-state index in [1.165, 1.54) is 13.2 Å². The largest absolute Gasteiger partial charge is 0.497 e. The zero-order valence-electron chi connectivity index (χ0n) is 13.4. The average molecular weight is 317 g/mol. The number of ether oxygens (including phenoxy) is 2. The highest BCUT2D eigenvalue weighted by Crippen LogP contribution is 2.21. The summed E-state index contributed by atoms with van der Waals surface area (Å²) in [6, 6.07) is 11.7. The molecular formula is C18H20FNO3. The van der Waals surface area contributed by atoms with Gasteiger partial charge in [0.15, 0.2) is 11.6 Å². The van der Waals surface area contributed by atoms with Crippen molar-refractivity contribution in [3.05, 3.63) is 59.4 Å². The summed E-state index contributed by atoms with van der Waals surface area (Å²) in [7, 11) is 3.01. The van der Waals surface area contributed by atoms with Crippen molar-refractivity contribution in [1.82, 2.24) is 5.32 Å². The topological polar surface area (TPSA) is 47.6 Å². The van der Waals surface area contributed by atoms with Gasteiger partial charge >= 0.3 is 0 Å². The lowest BCUT2D eigenvalue weighted by atomic mass is 10.1. The van der Waals surface area contributed by atoms with Gasteiger partial charge in [-0.2, -0.15) is 0 Å². The maximum atomic E-state index is 13.7. The summed E-state index contributed by atoms with van der Waals surface area (Å²) in [5, 5.41) is 2.86. The van der Waals surface area contributed by atoms with Crippen LogP contribution in [0, 0.1) is 5.82 Å². The number of halogens is 1. The van der Waals surface area contributed by atoms with Crippen molar-refractivity contribution < 1.29 is 18.7 Å². The van der Waals surface area contributed by atoms with Crippen molar-refractivity contribution >= 4 is 5.91 Å². The summed E-state index contributed by atoms with van der Waals surface area (Å²) in [5.74, 6) is 0.363. The first-order valence-electron chi connectivity index (χ1n) is 7.29. The fourth-order valence-electron chi connectivity index (χ4n) is 2.26. The van der Waals surface area contributed by atoms with E-state index in [-0.39, 0.29) is 24.1 Å². The second-order valence-corrected chi connectivity index (χ2v) is 5.21. The van der Waals surface area contributed by atoms with E-state index in [0.717, 1.165) is 11.3 Å². The van der Waals surface area contributed by atoms with Crippen molar-refractivity contribution in [2.24, 2.45) is 0 Å². The molecule has 1 atom stereocenters. The van der Waals surface area contributed by atoms with Gasteiger partial charge in [0, 0.05) is 0 Å². The maximum Gasteiger partial charge on any atom is 0.224 e. The lowest BCUT2D eigenvalue weighted by molar-refractivity contribution is -0.121. The first-order chi connectivity index (χ1) is 11.0. The van der Waals surface area contributed by atoms with Crippen LogP contribution in [0.1, 0.15) is 24.1 Å². The van der Waals surface area contributed by atoms with Gasteiger partial charge in [0.1, 0.15) is 5.75 Å². The Morgan fingerprint density at radius 3 is 2.39 bits per heavy atom. The van der Waals surface area contributed by atoms with E-state index in [1.807, 2.05) is 31.2 Å². The van der Waals surface area contributed by atoms with Crippen LogP contribution in [0.3, 0.4) is 0 Å². The molecule has 0 aliphatic rings. The molecule has 0 unspecified atom stereocenters. The van der Waals surface area contributed by atoms with Crippen LogP contribution in [-0.2, 0) is 11.2 Å². The molecule has 0 bridgehead atoms. The number of hydrogen-bond donors (Lipinski definition) is 1. The minimum absolute atomic E-state index is 0.126. The molecule has 2 aromatic carbocycles. The van der Waals surface area contributed by atoms with Crippen molar-refractivity contribution in [3.63, 3.8) is 0 Å². The van der Waals surface area contributed by atoms with Gasteiger partial charge in [-0.1, -0.05) is 18.2 Å². The number of benzene rings is 2. The number of nitrogens with one attached hydrogen (secondary N) is 1. The normalized spacial score (nSPS) is 11.7. The molecule has 0 spiro atoms. The summed E-state index contributed by atoms with van der Waals surface area (Å²) in [6.07, 6.45) is 0.257. The van der Waals surface area contributed by atoms with Gasteiger partial charge in [-0.05, 0) is 42.3 Å². The first kappa shape index (κ1) is 16.8. The number of hydrogen-bond acceptors (Lipinski definition) is 3. The minimum Gasteiger partial charge on any atom is -0.497 e. The molecule has 4 nitrogen and oxygen atoms in total. The molecule has 0 aliphatic carbocycles. The van der Waals surface area contributed by atoms with E-state index in [1.54, 1.807) is 19.2 Å². The Kier molecular flexibility index (Phi) is 5.57. The van der Waals surface area contributed by atoms with Crippen molar-refractivity contribution in [1.29, 1.82) is 0 Å². The maximum absolute atomic E-state index is 13.7. The van der Waals surface area contributed by atoms with Crippen molar-refractivity contribution in [2.45, 2.75) is 19.4 Å². The van der Waals surface area contributed by atoms with Crippen LogP contribution in [-0.4, -0.2) is 20.1 Å². The Balaban J connectivity index is 1.97. The SMILES string of the molecule is COc1ccc(CC(=O)N[C@H](C)c2ccc(OC)c(F)c2)cc1. The van der Waals surface area contributed by atoms with Crippen molar-refractivity contribution in [2.75, 3.05) is 14.2 Å². The molecule has 1 amide bonds. The van der Waals surface area contributed by atoms with E-state index in [9.17, 15) is 9.18 Å². The van der Waals surface area contributed by atoms with Gasteiger partial charge in [0.2, 0.25) is 5.91 Å². The third-order valence-electron chi connectivity index (χ3n) is 3.58. The number of carbonyl (C=O) groups excluding carboxylic acids is 1. The fraction of sp³-hybridized carbons (Fsp3) is 0.278. The zero-order valence-corrected chi connectivity index (χ0v) is 13.4. The molecule has 0 heterocycles. The molecule has 0 radical (unpaired) electrons. The van der Waals surface area contributed by atoms with Crippen LogP contribution in [0.15, 0.2) is 42.5 Å². The lowest BCUT2D eigenvalue weighted by Gasteiger charge is -2.15. The second-order valence-electron chi connectivity index (χ2n) is 5.21. The van der Waals surface area contributed by atoms with E-state index in [0.29, 0.717) is 5.56 Å². The highest BCUT2D eigenvalue weighted by Gasteiger charge is 2.12. The van der Waals surface area contributed by atoms with Gasteiger partial charge in [-0.15, -0.1) is 0 Å². The highest BCUT2D eigenvalue weighted by atomic mass is 19.1. The molecule has 122 valence electrons. The third-order valence-corrected chi connectivity index (χ3v) is 3.58. The molecule has 0 saturated heterocycles. The predicted molar refractivity (Wildman–Crippen MR) is 86.2 cm³/mol. The Bertz CT molecular complexity index is 670. The van der Waals surface area contributed by atoms with Crippen LogP contribution in [0.25, 0.3) is 0 Å². The van der Waals surface area contributed by atoms with Crippen LogP contribution >= 0.6 is 0 Å². The molecule has 0 aromatic heterocycles. The number of amides is 1. The summed E-state index contributed by atoms with van der Waals surface area (Å²) in [4.78, 5) is 12.1. The van der Waals surface area contributed by atoms with Gasteiger partial charge in [-0.25, -0.2) is 4.39 Å². The van der Waals surface area contributed by atoms with E-state index in [4.69, 9.17) is 9.47 Å². The Hall–Kier alpha value is -2.56. The summed E-state index contributed by atoms with van der Waals surface area (Å²) in [5.41, 5.74) is 1.57. The zero-order chi connectivity index (χ0) is 16.8. The Morgan fingerprint density at radius 1 is 1.13 bits per heavy atom. The standard InChI is InChI=1S/C18H20FNO3/c1-12(14-6-9-17(23-3)16(19)11-14)20-18(21)10-13-4-7-15(22-2)8-5-13/h4-9,11-12H,10H2,1-3H3,(H,20,21)/t12-/m1/s1. The molecule has 2 rings (SSSR count). The van der Waals surface area contributed by atoms with Gasteiger partial charge in [0.25, 0.3) is 0 Å². The average Bonchev–Trinajstić information content (AvgIpc) is 2.55. The fourth-order valence-corrected chi connectivity index (χ4v) is 2.26. The second kappa shape index (κ2) is 7.63. The monoisotopic (exact) mass is 317 g/mol. The van der Waals surface area contributed by atoms with Crippen LogP contribution in [0.4, 0.5) is 4.39 Å². The Morgan fingerprint density at radius 2 is 1.83 bits per heavy atom. The van der Waals surface area contributed by atoms with E-state index < -0.39 is 5.82 Å². The summed E-state index contributed by atoms with van der Waals surface area (Å²) < 4.78 is 23.7. The van der Waals surface area contributed by atoms with Crippen LogP contribution in [0.5, 0.6) is 11.5 Å². The molecule has 5 heteroatoms. The number of methoxy groups -OCH3 is 2. The van der Waals surface area contributed by atoms with Gasteiger partial charge < -0.3 is 14.8 Å². The van der Waals surface area contributed by atoms with Crippen molar-refractivity contribution in [3.8, 4) is 11.5 Å². The van der Waals surface area contributed by atoms with Gasteiger partial charge in [-0.3, -0.25) is 4.79 Å². The van der Waals surface area contributed by atoms with Gasteiger partial charge in [0.05, 0.1) is 26.7 Å². The molecule has 0 fully saturated rings. The Labute approximate surface area is 135 Å². The minimum atomic E-state index is -0.443. The third kappa shape index (κ3) is 4.45. The first-order valence-corrected chi connectivity index (χ1v) is 7.29. The number of rotatable bonds is 6.